The molecule has 0 heterocycles. The molecule has 0 aromatic heterocycles. The lowest BCUT2D eigenvalue weighted by Crippen LogP contribution is -2.11. The van der Waals surface area contributed by atoms with Crippen LogP contribution in [-0.4, -0.2) is 5.78 Å². The van der Waals surface area contributed by atoms with Gasteiger partial charge in [0, 0.05) is 11.5 Å². The number of hydrogen-bond donors (Lipinski definition) is 0. The number of fused-ring (bicyclic) bond motifs is 2. The minimum atomic E-state index is 0.257. The Balaban J connectivity index is 1.93. The van der Waals surface area contributed by atoms with Gasteiger partial charge in [-0.25, -0.2) is 0 Å². The van der Waals surface area contributed by atoms with Crippen molar-refractivity contribution in [3.05, 3.63) is 34.4 Å². The molecule has 1 aromatic rings. The summed E-state index contributed by atoms with van der Waals surface area (Å²) in [6.45, 7) is 4.41. The summed E-state index contributed by atoms with van der Waals surface area (Å²) in [7, 11) is 0. The predicted octanol–water partition coefficient (Wildman–Crippen LogP) is 3.58. The number of carbonyl (C=O) groups excluding carboxylic acids is 1. The van der Waals surface area contributed by atoms with Crippen LogP contribution in [0.15, 0.2) is 12.1 Å². The third-order valence-electron chi connectivity index (χ3n) is 4.18. The van der Waals surface area contributed by atoms with E-state index in [1.807, 2.05) is 0 Å². The first-order chi connectivity index (χ1) is 8.15. The third kappa shape index (κ3) is 1.82. The molecule has 17 heavy (non-hydrogen) atoms. The van der Waals surface area contributed by atoms with Gasteiger partial charge in [0.2, 0.25) is 0 Å². The molecule has 0 N–H and O–H groups in total. The van der Waals surface area contributed by atoms with E-state index in [4.69, 9.17) is 0 Å². The zero-order chi connectivity index (χ0) is 12.0. The number of ketones is 1. The summed E-state index contributed by atoms with van der Waals surface area (Å²) in [5.41, 5.74) is 5.29. The zero-order valence-corrected chi connectivity index (χ0v) is 10.8. The number of carbonyl (C=O) groups is 1. The van der Waals surface area contributed by atoms with Gasteiger partial charge in [-0.1, -0.05) is 19.9 Å². The molecule has 1 nitrogen and oxygen atoms in total. The van der Waals surface area contributed by atoms with Crippen LogP contribution in [0.3, 0.4) is 0 Å². The summed E-state index contributed by atoms with van der Waals surface area (Å²) in [4.78, 5) is 12.3. The average molecular weight is 228 g/mol. The fourth-order valence-corrected chi connectivity index (χ4v) is 3.41. The maximum Gasteiger partial charge on any atom is 0.166 e. The number of Topliss-reactive ketones (excluding diaryl/α,β-unsaturated/α-hetero) is 1. The molecule has 1 unspecified atom stereocenters. The molecule has 3 rings (SSSR count). The van der Waals surface area contributed by atoms with Crippen LogP contribution in [0.1, 0.15) is 53.7 Å². The van der Waals surface area contributed by atoms with Gasteiger partial charge in [0.25, 0.3) is 0 Å². The molecule has 0 spiro atoms. The third-order valence-corrected chi connectivity index (χ3v) is 4.18. The minimum Gasteiger partial charge on any atom is -0.294 e. The molecule has 90 valence electrons. The van der Waals surface area contributed by atoms with E-state index in [0.717, 1.165) is 18.4 Å². The van der Waals surface area contributed by atoms with Crippen molar-refractivity contribution in [2.45, 2.75) is 46.0 Å². The summed E-state index contributed by atoms with van der Waals surface area (Å²) in [6.07, 6.45) is 5.68. The van der Waals surface area contributed by atoms with E-state index < -0.39 is 0 Å². The summed E-state index contributed by atoms with van der Waals surface area (Å²) < 4.78 is 0. The Morgan fingerprint density at radius 3 is 2.59 bits per heavy atom. The van der Waals surface area contributed by atoms with Crippen molar-refractivity contribution in [1.82, 2.24) is 0 Å². The summed E-state index contributed by atoms with van der Waals surface area (Å²) in [5.74, 6) is 1.28. The summed E-state index contributed by atoms with van der Waals surface area (Å²) in [5, 5.41) is 0. The molecule has 1 aromatic carbocycles. The molecule has 0 aliphatic heterocycles. The molecule has 0 amide bonds. The van der Waals surface area contributed by atoms with Crippen LogP contribution < -0.4 is 0 Å². The Bertz CT molecular complexity index is 471. The van der Waals surface area contributed by atoms with Crippen molar-refractivity contribution in [2.75, 3.05) is 0 Å². The Labute approximate surface area is 103 Å². The molecule has 1 heteroatoms. The second-order valence-corrected chi connectivity index (χ2v) is 6.03. The van der Waals surface area contributed by atoms with E-state index in [-0.39, 0.29) is 5.92 Å². The molecule has 2 aliphatic carbocycles. The van der Waals surface area contributed by atoms with E-state index in [0.29, 0.717) is 11.7 Å². The van der Waals surface area contributed by atoms with Gasteiger partial charge in [0.05, 0.1) is 0 Å². The number of rotatable bonds is 2. The van der Waals surface area contributed by atoms with Crippen LogP contribution in [0.5, 0.6) is 0 Å². The highest BCUT2D eigenvalue weighted by atomic mass is 16.1. The maximum absolute atomic E-state index is 12.3. The van der Waals surface area contributed by atoms with Gasteiger partial charge >= 0.3 is 0 Å². The molecule has 0 fully saturated rings. The van der Waals surface area contributed by atoms with Crippen molar-refractivity contribution >= 4 is 5.78 Å². The first-order valence-electron chi connectivity index (χ1n) is 6.84. The number of aryl methyl sites for hydroxylation is 2. The highest BCUT2D eigenvalue weighted by Crippen LogP contribution is 2.35. The van der Waals surface area contributed by atoms with Gasteiger partial charge in [0.15, 0.2) is 5.78 Å². The van der Waals surface area contributed by atoms with Crippen molar-refractivity contribution in [1.29, 1.82) is 0 Å². The van der Waals surface area contributed by atoms with Crippen LogP contribution in [0.2, 0.25) is 0 Å². The first kappa shape index (κ1) is 11.0. The van der Waals surface area contributed by atoms with E-state index >= 15 is 0 Å². The smallest absolute Gasteiger partial charge is 0.166 e. The van der Waals surface area contributed by atoms with Crippen LogP contribution >= 0.6 is 0 Å². The van der Waals surface area contributed by atoms with E-state index in [1.54, 1.807) is 0 Å². The molecule has 0 saturated heterocycles. The molecular weight excluding hydrogens is 208 g/mol. The minimum absolute atomic E-state index is 0.257. The highest BCUT2D eigenvalue weighted by Gasteiger charge is 2.32. The maximum atomic E-state index is 12.3. The predicted molar refractivity (Wildman–Crippen MR) is 69.4 cm³/mol. The summed E-state index contributed by atoms with van der Waals surface area (Å²) in [6, 6.07) is 4.51. The SMILES string of the molecule is CC(C)CC1Cc2cc3c(cc2C1=O)CCC3. The number of benzene rings is 1. The van der Waals surface area contributed by atoms with E-state index in [9.17, 15) is 4.79 Å². The van der Waals surface area contributed by atoms with Gasteiger partial charge in [-0.2, -0.15) is 0 Å². The van der Waals surface area contributed by atoms with Crippen LogP contribution in [0.4, 0.5) is 0 Å². The van der Waals surface area contributed by atoms with E-state index in [1.165, 1.54) is 36.0 Å². The Kier molecular flexibility index (Phi) is 2.57. The quantitative estimate of drug-likeness (QED) is 0.756. The van der Waals surface area contributed by atoms with Gasteiger partial charge in [-0.15, -0.1) is 0 Å². The topological polar surface area (TPSA) is 17.1 Å². The largest absolute Gasteiger partial charge is 0.294 e. The molecule has 0 radical (unpaired) electrons. The van der Waals surface area contributed by atoms with Crippen molar-refractivity contribution in [3.8, 4) is 0 Å². The van der Waals surface area contributed by atoms with Gasteiger partial charge in [-0.05, 0) is 60.8 Å². The first-order valence-corrected chi connectivity index (χ1v) is 6.84. The van der Waals surface area contributed by atoms with Gasteiger partial charge < -0.3 is 0 Å². The molecule has 1 atom stereocenters. The van der Waals surface area contributed by atoms with Crippen molar-refractivity contribution in [3.63, 3.8) is 0 Å². The zero-order valence-electron chi connectivity index (χ0n) is 10.8. The Morgan fingerprint density at radius 1 is 1.18 bits per heavy atom. The second kappa shape index (κ2) is 3.97. The lowest BCUT2D eigenvalue weighted by Gasteiger charge is -2.09. The normalized spacial score (nSPS) is 22.1. The van der Waals surface area contributed by atoms with Crippen molar-refractivity contribution < 1.29 is 4.79 Å². The summed E-state index contributed by atoms with van der Waals surface area (Å²) >= 11 is 0. The van der Waals surface area contributed by atoms with Crippen LogP contribution in [-0.2, 0) is 19.3 Å². The second-order valence-electron chi connectivity index (χ2n) is 6.03. The average Bonchev–Trinajstić information content (AvgIpc) is 2.82. The lowest BCUT2D eigenvalue weighted by atomic mass is 9.94. The van der Waals surface area contributed by atoms with Crippen molar-refractivity contribution in [2.24, 2.45) is 11.8 Å². The lowest BCUT2D eigenvalue weighted by molar-refractivity contribution is 0.0922. The van der Waals surface area contributed by atoms with Gasteiger partial charge in [0.1, 0.15) is 0 Å². The highest BCUT2D eigenvalue weighted by molar-refractivity contribution is 6.02. The van der Waals surface area contributed by atoms with Crippen LogP contribution in [0.25, 0.3) is 0 Å². The Morgan fingerprint density at radius 2 is 1.88 bits per heavy atom. The van der Waals surface area contributed by atoms with E-state index in [2.05, 4.69) is 26.0 Å². The van der Waals surface area contributed by atoms with Crippen LogP contribution in [0, 0.1) is 11.8 Å². The monoisotopic (exact) mass is 228 g/mol. The molecule has 0 saturated carbocycles. The molecular formula is C16H20O. The number of hydrogen-bond acceptors (Lipinski definition) is 1. The Hall–Kier alpha value is -1.11. The molecule has 0 bridgehead atoms. The van der Waals surface area contributed by atoms with Gasteiger partial charge in [-0.3, -0.25) is 4.79 Å². The standard InChI is InChI=1S/C16H20O/c1-10(2)6-14-8-13-7-11-4-3-5-12(11)9-15(13)16(14)17/h7,9-10,14H,3-6,8H2,1-2H3. The fourth-order valence-electron chi connectivity index (χ4n) is 3.41. The fraction of sp³-hybridized carbons (Fsp3) is 0.562. The molecule has 2 aliphatic rings.